The van der Waals surface area contributed by atoms with Crippen molar-refractivity contribution in [3.05, 3.63) is 35.4 Å². The third-order valence-corrected chi connectivity index (χ3v) is 3.14. The van der Waals surface area contributed by atoms with Gasteiger partial charge in [0.2, 0.25) is 5.91 Å². The molecule has 0 saturated carbocycles. The molecule has 1 heterocycles. The average Bonchev–Trinajstić information content (AvgIpc) is 2.61. The Hall–Kier alpha value is -1.45. The van der Waals surface area contributed by atoms with Crippen molar-refractivity contribution in [1.82, 2.24) is 4.90 Å². The number of hydrogen-bond donors (Lipinski definition) is 0. The van der Waals surface area contributed by atoms with Crippen LogP contribution >= 0.6 is 0 Å². The van der Waals surface area contributed by atoms with E-state index in [2.05, 4.69) is 0 Å². The number of nitrogens with zero attached hydrogens (tertiary/aromatic N) is 1. The Morgan fingerprint density at radius 1 is 1.47 bits per heavy atom. The second-order valence-corrected chi connectivity index (χ2v) is 4.50. The van der Waals surface area contributed by atoms with E-state index < -0.39 is 6.43 Å². The number of likely N-dealkylation sites (tertiary alicyclic amines) is 1. The molecule has 2 nitrogen and oxygen atoms in total. The highest BCUT2D eigenvalue weighted by Crippen LogP contribution is 2.23. The van der Waals surface area contributed by atoms with Gasteiger partial charge in [0.05, 0.1) is 0 Å². The standard InChI is InChI=1S/C13H15F2NO/c1-9-5-6-16(13(9)17)8-10-3-2-4-11(7-10)12(14)15/h2-4,7,9,12H,5-6,8H2,1H3. The number of carbonyl (C=O) groups is 1. The van der Waals surface area contributed by atoms with Gasteiger partial charge in [0.1, 0.15) is 0 Å². The van der Waals surface area contributed by atoms with Crippen molar-refractivity contribution in [3.8, 4) is 0 Å². The first-order valence-corrected chi connectivity index (χ1v) is 5.73. The third-order valence-electron chi connectivity index (χ3n) is 3.14. The molecule has 1 fully saturated rings. The molecule has 0 radical (unpaired) electrons. The minimum atomic E-state index is -2.46. The molecule has 1 unspecified atom stereocenters. The zero-order chi connectivity index (χ0) is 12.4. The van der Waals surface area contributed by atoms with Crippen LogP contribution in [0.25, 0.3) is 0 Å². The molecule has 2 rings (SSSR count). The maximum absolute atomic E-state index is 12.5. The van der Waals surface area contributed by atoms with Crippen molar-refractivity contribution in [2.24, 2.45) is 5.92 Å². The third kappa shape index (κ3) is 2.62. The van der Waals surface area contributed by atoms with E-state index in [0.717, 1.165) is 18.5 Å². The number of hydrogen-bond acceptors (Lipinski definition) is 1. The van der Waals surface area contributed by atoms with Crippen molar-refractivity contribution >= 4 is 5.91 Å². The van der Waals surface area contributed by atoms with Gasteiger partial charge in [-0.05, 0) is 18.1 Å². The van der Waals surface area contributed by atoms with Crippen molar-refractivity contribution < 1.29 is 13.6 Å². The van der Waals surface area contributed by atoms with Gasteiger partial charge in [-0.1, -0.05) is 25.1 Å². The molecular formula is C13H15F2NO. The summed E-state index contributed by atoms with van der Waals surface area (Å²) in [6.45, 7) is 3.06. The van der Waals surface area contributed by atoms with E-state index in [-0.39, 0.29) is 17.4 Å². The minimum absolute atomic E-state index is 0.0159. The molecule has 17 heavy (non-hydrogen) atoms. The molecule has 1 saturated heterocycles. The molecule has 1 atom stereocenters. The lowest BCUT2D eigenvalue weighted by atomic mass is 10.1. The number of rotatable bonds is 3. The molecule has 0 aliphatic carbocycles. The van der Waals surface area contributed by atoms with Crippen LogP contribution in [0.3, 0.4) is 0 Å². The van der Waals surface area contributed by atoms with Gasteiger partial charge in [0, 0.05) is 24.6 Å². The molecule has 0 aromatic heterocycles. The zero-order valence-corrected chi connectivity index (χ0v) is 9.70. The predicted octanol–water partition coefficient (Wildman–Crippen LogP) is 2.99. The van der Waals surface area contributed by atoms with E-state index in [1.165, 1.54) is 12.1 Å². The number of benzene rings is 1. The molecule has 1 aliphatic rings. The molecule has 4 heteroatoms. The first-order valence-electron chi connectivity index (χ1n) is 5.73. The Morgan fingerprint density at radius 2 is 2.24 bits per heavy atom. The Balaban J connectivity index is 2.09. The summed E-state index contributed by atoms with van der Waals surface area (Å²) >= 11 is 0. The second-order valence-electron chi connectivity index (χ2n) is 4.50. The van der Waals surface area contributed by atoms with Crippen LogP contribution in [0, 0.1) is 5.92 Å². The lowest BCUT2D eigenvalue weighted by molar-refractivity contribution is -0.131. The molecule has 1 aromatic rings. The van der Waals surface area contributed by atoms with E-state index in [9.17, 15) is 13.6 Å². The largest absolute Gasteiger partial charge is 0.338 e. The monoisotopic (exact) mass is 239 g/mol. The van der Waals surface area contributed by atoms with Crippen molar-refractivity contribution in [2.75, 3.05) is 6.54 Å². The highest BCUT2D eigenvalue weighted by Gasteiger charge is 2.27. The fourth-order valence-corrected chi connectivity index (χ4v) is 2.10. The number of amides is 1. The normalized spacial score (nSPS) is 20.4. The van der Waals surface area contributed by atoms with Crippen molar-refractivity contribution in [1.29, 1.82) is 0 Å². The van der Waals surface area contributed by atoms with E-state index in [1.54, 1.807) is 17.0 Å². The first-order chi connectivity index (χ1) is 8.08. The summed E-state index contributed by atoms with van der Waals surface area (Å²) in [6.07, 6.45) is -1.60. The molecule has 92 valence electrons. The highest BCUT2D eigenvalue weighted by atomic mass is 19.3. The summed E-state index contributed by atoms with van der Waals surface area (Å²) in [5.41, 5.74) is 0.785. The number of alkyl halides is 2. The van der Waals surface area contributed by atoms with Gasteiger partial charge >= 0.3 is 0 Å². The van der Waals surface area contributed by atoms with Crippen LogP contribution in [-0.2, 0) is 11.3 Å². The van der Waals surface area contributed by atoms with Gasteiger partial charge < -0.3 is 4.90 Å². The van der Waals surface area contributed by atoms with Gasteiger partial charge in [0.25, 0.3) is 6.43 Å². The Kier molecular flexibility index (Phi) is 3.41. The Bertz CT molecular complexity index is 420. The number of halogens is 2. The van der Waals surface area contributed by atoms with Crippen LogP contribution in [0.15, 0.2) is 24.3 Å². The van der Waals surface area contributed by atoms with Crippen LogP contribution in [0.4, 0.5) is 8.78 Å². The fourth-order valence-electron chi connectivity index (χ4n) is 2.10. The Labute approximate surface area is 99.2 Å². The first kappa shape index (κ1) is 12.0. The van der Waals surface area contributed by atoms with Gasteiger partial charge in [-0.25, -0.2) is 8.78 Å². The van der Waals surface area contributed by atoms with Gasteiger partial charge in [-0.2, -0.15) is 0 Å². The van der Waals surface area contributed by atoms with E-state index in [1.807, 2.05) is 6.92 Å². The lowest BCUT2D eigenvalue weighted by Crippen LogP contribution is -2.26. The van der Waals surface area contributed by atoms with Gasteiger partial charge in [-0.3, -0.25) is 4.79 Å². The average molecular weight is 239 g/mol. The van der Waals surface area contributed by atoms with E-state index in [0.29, 0.717) is 6.54 Å². The smallest absolute Gasteiger partial charge is 0.263 e. The zero-order valence-electron chi connectivity index (χ0n) is 9.70. The van der Waals surface area contributed by atoms with E-state index >= 15 is 0 Å². The summed E-state index contributed by atoms with van der Waals surface area (Å²) < 4.78 is 25.0. The predicted molar refractivity (Wildman–Crippen MR) is 60.6 cm³/mol. The summed E-state index contributed by atoms with van der Waals surface area (Å²) in [6, 6.07) is 6.27. The fraction of sp³-hybridized carbons (Fsp3) is 0.462. The molecule has 1 aliphatic heterocycles. The maximum Gasteiger partial charge on any atom is 0.263 e. The van der Waals surface area contributed by atoms with E-state index in [4.69, 9.17) is 0 Å². The topological polar surface area (TPSA) is 20.3 Å². The van der Waals surface area contributed by atoms with Crippen LogP contribution in [-0.4, -0.2) is 17.4 Å². The highest BCUT2D eigenvalue weighted by molar-refractivity contribution is 5.80. The summed E-state index contributed by atoms with van der Waals surface area (Å²) in [4.78, 5) is 13.4. The second kappa shape index (κ2) is 4.82. The van der Waals surface area contributed by atoms with Crippen LogP contribution in [0.1, 0.15) is 30.9 Å². The summed E-state index contributed by atoms with van der Waals surface area (Å²) in [5, 5.41) is 0. The summed E-state index contributed by atoms with van der Waals surface area (Å²) in [5.74, 6) is 0.181. The van der Waals surface area contributed by atoms with Crippen LogP contribution in [0.2, 0.25) is 0 Å². The molecule has 0 N–H and O–H groups in total. The van der Waals surface area contributed by atoms with Gasteiger partial charge in [-0.15, -0.1) is 0 Å². The quantitative estimate of drug-likeness (QED) is 0.794. The molecule has 0 bridgehead atoms. The number of carbonyl (C=O) groups excluding carboxylic acids is 1. The lowest BCUT2D eigenvalue weighted by Gasteiger charge is -2.16. The summed E-state index contributed by atoms with van der Waals surface area (Å²) in [7, 11) is 0. The molecule has 0 spiro atoms. The minimum Gasteiger partial charge on any atom is -0.338 e. The SMILES string of the molecule is CC1CCN(Cc2cccc(C(F)F)c2)C1=O. The van der Waals surface area contributed by atoms with Gasteiger partial charge in [0.15, 0.2) is 0 Å². The molecular weight excluding hydrogens is 224 g/mol. The molecule has 1 amide bonds. The Morgan fingerprint density at radius 3 is 2.82 bits per heavy atom. The molecule has 1 aromatic carbocycles. The van der Waals surface area contributed by atoms with Crippen molar-refractivity contribution in [3.63, 3.8) is 0 Å². The van der Waals surface area contributed by atoms with Crippen molar-refractivity contribution in [2.45, 2.75) is 26.3 Å². The van der Waals surface area contributed by atoms with Crippen LogP contribution < -0.4 is 0 Å². The maximum atomic E-state index is 12.5. The van der Waals surface area contributed by atoms with Crippen LogP contribution in [0.5, 0.6) is 0 Å².